The Morgan fingerprint density at radius 3 is 1.89 bits per heavy atom. The third kappa shape index (κ3) is 8.51. The molecule has 2 rings (SSSR count). The molecule has 1 aromatic rings. The molecule has 10 nitrogen and oxygen atoms in total. The molecule has 4 amide bonds. The van der Waals surface area contributed by atoms with Gasteiger partial charge in [0.2, 0.25) is 0 Å². The molecular weight excluding hydrogens is 466 g/mol. The van der Waals surface area contributed by atoms with E-state index < -0.39 is 41.5 Å². The van der Waals surface area contributed by atoms with Gasteiger partial charge in [-0.1, -0.05) is 12.1 Å². The lowest BCUT2D eigenvalue weighted by Gasteiger charge is -2.31. The molecule has 1 aromatic carbocycles. The molecule has 0 spiro atoms. The molecule has 0 saturated heterocycles. The van der Waals surface area contributed by atoms with Crippen LogP contribution in [0.25, 0.3) is 0 Å². The number of rotatable bonds is 9. The van der Waals surface area contributed by atoms with E-state index in [1.54, 1.807) is 72.7 Å². The van der Waals surface area contributed by atoms with Gasteiger partial charge in [0, 0.05) is 26.2 Å². The maximum Gasteiger partial charge on any atom is 0.407 e. The lowest BCUT2D eigenvalue weighted by molar-refractivity contribution is 0.0354. The number of nitrogens with one attached hydrogen (secondary N) is 2. The van der Waals surface area contributed by atoms with E-state index in [-0.39, 0.29) is 24.9 Å². The molecule has 3 atom stereocenters. The predicted octanol–water partition coefficient (Wildman–Crippen LogP) is 3.74. The summed E-state index contributed by atoms with van der Waals surface area (Å²) >= 11 is 0. The van der Waals surface area contributed by atoms with Crippen LogP contribution in [-0.2, 0) is 14.2 Å². The molecule has 0 saturated carbocycles. The Labute approximate surface area is 213 Å². The van der Waals surface area contributed by atoms with E-state index in [9.17, 15) is 19.2 Å². The zero-order valence-electron chi connectivity index (χ0n) is 22.5. The van der Waals surface area contributed by atoms with E-state index in [1.807, 2.05) is 0 Å². The minimum Gasteiger partial charge on any atom is -0.444 e. The minimum atomic E-state index is -0.686. The summed E-state index contributed by atoms with van der Waals surface area (Å²) in [7, 11) is 1.51. The van der Waals surface area contributed by atoms with Crippen LogP contribution in [0.3, 0.4) is 0 Å². The number of carbonyl (C=O) groups is 4. The fraction of sp³-hybridized carbons (Fsp3) is 0.615. The smallest absolute Gasteiger partial charge is 0.407 e. The molecule has 1 aliphatic rings. The minimum absolute atomic E-state index is 0.0512. The van der Waals surface area contributed by atoms with Gasteiger partial charge in [0.1, 0.15) is 11.2 Å². The molecule has 0 aromatic heterocycles. The van der Waals surface area contributed by atoms with Crippen molar-refractivity contribution in [1.29, 1.82) is 0 Å². The Morgan fingerprint density at radius 1 is 0.917 bits per heavy atom. The van der Waals surface area contributed by atoms with E-state index in [2.05, 4.69) is 10.6 Å². The molecule has 36 heavy (non-hydrogen) atoms. The van der Waals surface area contributed by atoms with Gasteiger partial charge < -0.3 is 24.8 Å². The summed E-state index contributed by atoms with van der Waals surface area (Å²) in [6.45, 7) is 12.6. The first kappa shape index (κ1) is 29.1. The third-order valence-electron chi connectivity index (χ3n) is 5.52. The van der Waals surface area contributed by atoms with Crippen molar-refractivity contribution < 1.29 is 33.4 Å². The quantitative estimate of drug-likeness (QED) is 0.490. The number of fused-ring (bicyclic) bond motifs is 1. The number of nitrogens with zero attached hydrogens (tertiary/aromatic N) is 1. The van der Waals surface area contributed by atoms with Crippen LogP contribution in [0.2, 0.25) is 0 Å². The molecule has 2 N–H and O–H groups in total. The Bertz CT molecular complexity index is 930. The van der Waals surface area contributed by atoms with Crippen molar-refractivity contribution in [3.05, 3.63) is 35.4 Å². The number of methoxy groups -OCH3 is 1. The highest BCUT2D eigenvalue weighted by atomic mass is 16.6. The maximum absolute atomic E-state index is 13.0. The van der Waals surface area contributed by atoms with Crippen molar-refractivity contribution in [2.45, 2.75) is 78.2 Å². The summed E-state index contributed by atoms with van der Waals surface area (Å²) in [5.74, 6) is -1.16. The summed E-state index contributed by atoms with van der Waals surface area (Å²) in [5, 5.41) is 5.49. The Balaban J connectivity index is 2.17. The van der Waals surface area contributed by atoms with Crippen molar-refractivity contribution in [2.24, 2.45) is 5.92 Å². The highest BCUT2D eigenvalue weighted by Gasteiger charge is 2.38. The third-order valence-corrected chi connectivity index (χ3v) is 5.52. The van der Waals surface area contributed by atoms with Crippen LogP contribution in [0.1, 0.15) is 75.6 Å². The number of alkyl carbamates (subject to hydrolysis) is 2. The molecule has 1 aliphatic heterocycles. The molecule has 1 unspecified atom stereocenters. The van der Waals surface area contributed by atoms with Crippen LogP contribution in [-0.4, -0.2) is 72.4 Å². The lowest BCUT2D eigenvalue weighted by atomic mass is 9.93. The normalized spacial score (nSPS) is 16.2. The Morgan fingerprint density at radius 2 is 1.42 bits per heavy atom. The first-order valence-corrected chi connectivity index (χ1v) is 12.1. The summed E-state index contributed by atoms with van der Waals surface area (Å²) < 4.78 is 16.2. The van der Waals surface area contributed by atoms with Crippen molar-refractivity contribution in [2.75, 3.05) is 20.2 Å². The zero-order chi connectivity index (χ0) is 27.3. The van der Waals surface area contributed by atoms with Gasteiger partial charge >= 0.3 is 12.2 Å². The largest absolute Gasteiger partial charge is 0.444 e. The highest BCUT2D eigenvalue weighted by Crippen LogP contribution is 2.26. The molecule has 200 valence electrons. The fourth-order valence-corrected chi connectivity index (χ4v) is 3.80. The predicted molar refractivity (Wildman–Crippen MR) is 134 cm³/mol. The van der Waals surface area contributed by atoms with Crippen LogP contribution in [0, 0.1) is 5.92 Å². The Hall–Kier alpha value is -3.14. The van der Waals surface area contributed by atoms with Gasteiger partial charge in [-0.2, -0.15) is 0 Å². The van der Waals surface area contributed by atoms with Gasteiger partial charge in [0.05, 0.1) is 17.2 Å². The van der Waals surface area contributed by atoms with Gasteiger partial charge in [-0.05, 0) is 72.9 Å². The topological polar surface area (TPSA) is 123 Å². The Kier molecular flexibility index (Phi) is 9.48. The van der Waals surface area contributed by atoms with Crippen LogP contribution in [0.4, 0.5) is 9.59 Å². The molecular formula is C26H39N3O7. The average Bonchev–Trinajstić information content (AvgIpc) is 2.98. The summed E-state index contributed by atoms with van der Waals surface area (Å²) in [4.78, 5) is 51.7. The standard InChI is InChI=1S/C26H39N3O7/c1-16(28-24(33)36-26(5,6)7)17(13-18(34-8)14-27-23(32)35-25(2,3)4)15-29-21(30)19-11-9-10-12-20(19)22(29)31/h9-12,16-18H,13-15H2,1-8H3,(H,27,32)(H,28,33)/t16-,17+,18?/m1/s1. The number of amides is 4. The number of hydrogen-bond acceptors (Lipinski definition) is 7. The summed E-state index contributed by atoms with van der Waals surface area (Å²) in [5.41, 5.74) is -0.631. The molecule has 1 heterocycles. The highest BCUT2D eigenvalue weighted by molar-refractivity contribution is 6.21. The number of benzene rings is 1. The number of ether oxygens (including phenoxy) is 3. The monoisotopic (exact) mass is 505 g/mol. The van der Waals surface area contributed by atoms with Crippen LogP contribution < -0.4 is 10.6 Å². The number of imide groups is 1. The van der Waals surface area contributed by atoms with E-state index >= 15 is 0 Å². The van der Waals surface area contributed by atoms with Crippen LogP contribution in [0.5, 0.6) is 0 Å². The zero-order valence-corrected chi connectivity index (χ0v) is 22.5. The maximum atomic E-state index is 13.0. The van der Waals surface area contributed by atoms with Crippen molar-refractivity contribution >= 4 is 24.0 Å². The first-order chi connectivity index (χ1) is 16.6. The second kappa shape index (κ2) is 11.7. The molecule has 0 fully saturated rings. The van der Waals surface area contributed by atoms with Gasteiger partial charge in [0.15, 0.2) is 0 Å². The van der Waals surface area contributed by atoms with Gasteiger partial charge in [-0.25, -0.2) is 9.59 Å². The SMILES string of the molecule is COC(CNC(=O)OC(C)(C)C)C[C@@H](CN1C(=O)c2ccccc2C1=O)[C@@H](C)NC(=O)OC(C)(C)C. The lowest BCUT2D eigenvalue weighted by Crippen LogP contribution is -2.48. The second-order valence-electron chi connectivity index (χ2n) is 10.9. The summed E-state index contributed by atoms with van der Waals surface area (Å²) in [6.07, 6.45) is -1.33. The average molecular weight is 506 g/mol. The molecule has 0 bridgehead atoms. The van der Waals surface area contributed by atoms with E-state index in [4.69, 9.17) is 14.2 Å². The van der Waals surface area contributed by atoms with Gasteiger partial charge in [-0.15, -0.1) is 0 Å². The van der Waals surface area contributed by atoms with E-state index in [0.29, 0.717) is 17.5 Å². The van der Waals surface area contributed by atoms with Gasteiger partial charge in [-0.3, -0.25) is 14.5 Å². The number of hydrogen-bond donors (Lipinski definition) is 2. The van der Waals surface area contributed by atoms with Crippen molar-refractivity contribution in [3.63, 3.8) is 0 Å². The van der Waals surface area contributed by atoms with Crippen LogP contribution >= 0.6 is 0 Å². The molecule has 10 heteroatoms. The van der Waals surface area contributed by atoms with Gasteiger partial charge in [0.25, 0.3) is 11.8 Å². The van der Waals surface area contributed by atoms with Crippen molar-refractivity contribution in [3.8, 4) is 0 Å². The fourth-order valence-electron chi connectivity index (χ4n) is 3.80. The number of carbonyl (C=O) groups excluding carboxylic acids is 4. The van der Waals surface area contributed by atoms with Crippen molar-refractivity contribution in [1.82, 2.24) is 15.5 Å². The second-order valence-corrected chi connectivity index (χ2v) is 10.9. The molecule has 0 radical (unpaired) electrons. The van der Waals surface area contributed by atoms with Crippen LogP contribution in [0.15, 0.2) is 24.3 Å². The summed E-state index contributed by atoms with van der Waals surface area (Å²) in [6, 6.07) is 6.18. The molecule has 0 aliphatic carbocycles. The first-order valence-electron chi connectivity index (χ1n) is 12.1. The van der Waals surface area contributed by atoms with E-state index in [0.717, 1.165) is 0 Å². The van der Waals surface area contributed by atoms with E-state index in [1.165, 1.54) is 12.0 Å².